The number of hydrogen-bond acceptors (Lipinski definition) is 3. The average molecular weight is 385 g/mol. The normalized spacial score (nSPS) is 21.5. The van der Waals surface area contributed by atoms with Gasteiger partial charge in [-0.1, -0.05) is 0 Å². The van der Waals surface area contributed by atoms with Crippen LogP contribution in [0.5, 0.6) is 5.88 Å². The molecule has 1 heterocycles. The Morgan fingerprint density at radius 1 is 1.31 bits per heavy atom. The summed E-state index contributed by atoms with van der Waals surface area (Å²) in [6.45, 7) is 0.799. The van der Waals surface area contributed by atoms with Crippen molar-refractivity contribution in [2.24, 2.45) is 5.92 Å². The first-order valence-corrected chi connectivity index (χ1v) is 7.74. The second kappa shape index (κ2) is 7.58. The zero-order chi connectivity index (χ0) is 19.5. The lowest BCUT2D eigenvalue weighted by Gasteiger charge is -2.36. The highest BCUT2D eigenvalue weighted by molar-refractivity contribution is 5.74. The molecule has 1 saturated carbocycles. The van der Waals surface area contributed by atoms with Crippen molar-refractivity contribution in [3.8, 4) is 5.88 Å². The van der Waals surface area contributed by atoms with Crippen LogP contribution in [0.25, 0.3) is 0 Å². The second-order valence-electron chi connectivity index (χ2n) is 6.04. The third kappa shape index (κ3) is 5.67. The van der Waals surface area contributed by atoms with Crippen molar-refractivity contribution >= 4 is 6.03 Å². The van der Waals surface area contributed by atoms with E-state index in [9.17, 15) is 31.1 Å². The van der Waals surface area contributed by atoms with Gasteiger partial charge in [-0.05, 0) is 31.4 Å². The van der Waals surface area contributed by atoms with E-state index in [1.54, 1.807) is 0 Å². The molecule has 1 fully saturated rings. The first kappa shape index (κ1) is 20.1. The molecule has 1 aromatic heterocycles. The van der Waals surface area contributed by atoms with Crippen molar-refractivity contribution in [1.82, 2.24) is 15.6 Å². The molecule has 0 spiro atoms. The van der Waals surface area contributed by atoms with Gasteiger partial charge in [0.05, 0.1) is 5.92 Å². The van der Waals surface area contributed by atoms with Crippen LogP contribution in [0, 0.1) is 5.92 Å². The molecule has 1 unspecified atom stereocenters. The number of amides is 2. The number of halogens is 6. The van der Waals surface area contributed by atoms with E-state index in [0.717, 1.165) is 6.92 Å². The van der Waals surface area contributed by atoms with Gasteiger partial charge in [0.1, 0.15) is 0 Å². The van der Waals surface area contributed by atoms with Gasteiger partial charge in [-0.2, -0.15) is 26.3 Å². The second-order valence-corrected chi connectivity index (χ2v) is 6.04. The summed E-state index contributed by atoms with van der Waals surface area (Å²) in [6.07, 6.45) is -9.93. The van der Waals surface area contributed by atoms with E-state index < -0.39 is 36.4 Å². The molecule has 0 bridgehead atoms. The van der Waals surface area contributed by atoms with Gasteiger partial charge in [-0.15, -0.1) is 0 Å². The van der Waals surface area contributed by atoms with E-state index in [4.69, 9.17) is 4.74 Å². The number of aromatic nitrogens is 1. The van der Waals surface area contributed by atoms with Crippen LogP contribution < -0.4 is 15.4 Å². The molecule has 1 aliphatic rings. The summed E-state index contributed by atoms with van der Waals surface area (Å²) >= 11 is 0. The number of urea groups is 1. The fourth-order valence-electron chi connectivity index (χ4n) is 2.29. The largest absolute Gasteiger partial charge is 0.465 e. The molecule has 2 rings (SSSR count). The molecule has 5 nitrogen and oxygen atoms in total. The highest BCUT2D eigenvalue weighted by atomic mass is 19.4. The molecule has 1 aliphatic carbocycles. The van der Waals surface area contributed by atoms with Crippen molar-refractivity contribution in [3.63, 3.8) is 0 Å². The lowest BCUT2D eigenvalue weighted by Crippen LogP contribution is -2.51. The van der Waals surface area contributed by atoms with Crippen molar-refractivity contribution in [2.75, 3.05) is 0 Å². The van der Waals surface area contributed by atoms with E-state index >= 15 is 0 Å². The van der Waals surface area contributed by atoms with E-state index in [-0.39, 0.29) is 25.3 Å². The predicted molar refractivity (Wildman–Crippen MR) is 78.3 cm³/mol. The van der Waals surface area contributed by atoms with Gasteiger partial charge >= 0.3 is 18.4 Å². The first-order valence-electron chi connectivity index (χ1n) is 7.74. The highest BCUT2D eigenvalue weighted by Crippen LogP contribution is 2.40. The molecule has 1 atom stereocenters. The van der Waals surface area contributed by atoms with Crippen LogP contribution in [-0.2, 0) is 6.54 Å². The fourth-order valence-corrected chi connectivity index (χ4v) is 2.29. The smallest absolute Gasteiger partial charge is 0.425 e. The minimum absolute atomic E-state index is 0.0411. The van der Waals surface area contributed by atoms with Crippen molar-refractivity contribution in [2.45, 2.75) is 50.8 Å². The summed E-state index contributed by atoms with van der Waals surface area (Å²) in [7, 11) is 0. The van der Waals surface area contributed by atoms with Crippen molar-refractivity contribution in [1.29, 1.82) is 0 Å². The topological polar surface area (TPSA) is 63.2 Å². The minimum atomic E-state index is -4.53. The number of rotatable bonds is 5. The van der Waals surface area contributed by atoms with Gasteiger partial charge in [-0.25, -0.2) is 9.78 Å². The lowest BCUT2D eigenvalue weighted by atomic mass is 9.80. The lowest BCUT2D eigenvalue weighted by molar-refractivity contribution is -0.198. The van der Waals surface area contributed by atoms with E-state index in [1.807, 2.05) is 0 Å². The number of ether oxygens (including phenoxy) is 1. The van der Waals surface area contributed by atoms with Crippen LogP contribution in [0.3, 0.4) is 0 Å². The number of carbonyl (C=O) groups excluding carboxylic acids is 1. The maximum atomic E-state index is 12.5. The van der Waals surface area contributed by atoms with E-state index in [0.29, 0.717) is 5.56 Å². The van der Waals surface area contributed by atoms with Crippen LogP contribution in [-0.4, -0.2) is 35.5 Å². The maximum Gasteiger partial charge on any atom is 0.425 e. The van der Waals surface area contributed by atoms with Gasteiger partial charge in [-0.3, -0.25) is 0 Å². The fraction of sp³-hybridized carbons (Fsp3) is 0.600. The van der Waals surface area contributed by atoms with Crippen molar-refractivity contribution < 1.29 is 35.9 Å². The molecule has 0 radical (unpaired) electrons. The Bertz CT molecular complexity index is 629. The Balaban J connectivity index is 1.77. The Morgan fingerprint density at radius 3 is 2.54 bits per heavy atom. The summed E-state index contributed by atoms with van der Waals surface area (Å²) in [5.41, 5.74) is 0.432. The van der Waals surface area contributed by atoms with Gasteiger partial charge < -0.3 is 15.4 Å². The van der Waals surface area contributed by atoms with Gasteiger partial charge in [0.25, 0.3) is 0 Å². The SMILES string of the molecule is CC(Oc1cc(CNC(=O)N[C@H]2C[C@H](C(F)(F)F)C2)ccn1)C(F)(F)F. The third-order valence-electron chi connectivity index (χ3n) is 3.95. The van der Waals surface area contributed by atoms with E-state index in [1.165, 1.54) is 18.3 Å². The summed E-state index contributed by atoms with van der Waals surface area (Å²) < 4.78 is 79.2. The molecule has 0 aliphatic heterocycles. The molecule has 2 N–H and O–H groups in total. The number of nitrogens with zero attached hydrogens (tertiary/aromatic N) is 1. The van der Waals surface area contributed by atoms with Crippen LogP contribution >= 0.6 is 0 Å². The summed E-state index contributed by atoms with van der Waals surface area (Å²) in [5.74, 6) is -1.65. The number of pyridine rings is 1. The summed E-state index contributed by atoms with van der Waals surface area (Å²) in [6, 6.07) is 1.50. The zero-order valence-electron chi connectivity index (χ0n) is 13.6. The standard InChI is InChI=1S/C15H17F6N3O2/c1-8(14(16,17)18)26-12-4-9(2-3-22-12)7-23-13(25)24-11-5-10(6-11)15(19,20)21/h2-4,8,10-11H,5-7H2,1H3,(H2,23,24,25)/t8?,10-,11-. The number of carbonyl (C=O) groups is 1. The van der Waals surface area contributed by atoms with Gasteiger partial charge in [0.2, 0.25) is 5.88 Å². The molecule has 0 saturated heterocycles. The summed E-state index contributed by atoms with van der Waals surface area (Å²) in [4.78, 5) is 15.3. The predicted octanol–water partition coefficient (Wildman–Crippen LogP) is 3.55. The zero-order valence-corrected chi connectivity index (χ0v) is 13.6. The molecule has 2 amide bonds. The molecule has 11 heteroatoms. The molecule has 0 aromatic carbocycles. The highest BCUT2D eigenvalue weighted by Gasteiger charge is 2.48. The maximum absolute atomic E-state index is 12.5. The molecule has 26 heavy (non-hydrogen) atoms. The Kier molecular flexibility index (Phi) is 5.87. The van der Waals surface area contributed by atoms with Gasteiger partial charge in [0, 0.05) is 24.8 Å². The Labute approximate surface area is 145 Å². The summed E-state index contributed by atoms with van der Waals surface area (Å²) in [5, 5.41) is 4.84. The number of alkyl halides is 6. The minimum Gasteiger partial charge on any atom is -0.465 e. The van der Waals surface area contributed by atoms with Crippen LogP contribution in [0.1, 0.15) is 25.3 Å². The Morgan fingerprint density at radius 2 is 1.96 bits per heavy atom. The van der Waals surface area contributed by atoms with E-state index in [2.05, 4.69) is 15.6 Å². The van der Waals surface area contributed by atoms with Crippen LogP contribution in [0.4, 0.5) is 31.1 Å². The molecule has 146 valence electrons. The molecular formula is C15H17F6N3O2. The van der Waals surface area contributed by atoms with Crippen molar-refractivity contribution in [3.05, 3.63) is 23.9 Å². The molecule has 1 aromatic rings. The third-order valence-corrected chi connectivity index (χ3v) is 3.95. The Hall–Kier alpha value is -2.20. The number of nitrogens with one attached hydrogen (secondary N) is 2. The molecular weight excluding hydrogens is 368 g/mol. The quantitative estimate of drug-likeness (QED) is 0.762. The van der Waals surface area contributed by atoms with Gasteiger partial charge in [0.15, 0.2) is 6.10 Å². The van der Waals surface area contributed by atoms with Crippen LogP contribution in [0.2, 0.25) is 0 Å². The first-order chi connectivity index (χ1) is 11.9. The monoisotopic (exact) mass is 385 g/mol. The van der Waals surface area contributed by atoms with Crippen LogP contribution in [0.15, 0.2) is 18.3 Å². The number of hydrogen-bond donors (Lipinski definition) is 2. The average Bonchev–Trinajstić information content (AvgIpc) is 2.46.